The highest BCUT2D eigenvalue weighted by Crippen LogP contribution is 2.26. The molecule has 0 aliphatic carbocycles. The maximum Gasteiger partial charge on any atom is 0.410 e. The summed E-state index contributed by atoms with van der Waals surface area (Å²) in [5.74, 6) is -0.804. The fourth-order valence-electron chi connectivity index (χ4n) is 3.93. The summed E-state index contributed by atoms with van der Waals surface area (Å²) in [6.45, 7) is 6.65. The molecule has 3 heterocycles. The molecular weight excluding hydrogens is 425 g/mol. The van der Waals surface area contributed by atoms with Crippen LogP contribution >= 0.6 is 0 Å². The zero-order chi connectivity index (χ0) is 23.6. The van der Waals surface area contributed by atoms with E-state index in [1.54, 1.807) is 41.6 Å². The Bertz CT molecular complexity index is 1130. The fourth-order valence-corrected chi connectivity index (χ4v) is 3.93. The number of nitrogens with zero attached hydrogens (tertiary/aromatic N) is 4. The predicted molar refractivity (Wildman–Crippen MR) is 122 cm³/mol. The zero-order valence-corrected chi connectivity index (χ0v) is 19.0. The molecule has 0 unspecified atom stereocenters. The Morgan fingerprint density at radius 3 is 2.52 bits per heavy atom. The largest absolute Gasteiger partial charge is 0.444 e. The lowest BCUT2D eigenvalue weighted by atomic mass is 10.0. The van der Waals surface area contributed by atoms with Crippen LogP contribution in [0.1, 0.15) is 50.1 Å². The summed E-state index contributed by atoms with van der Waals surface area (Å²) in [5, 5.41) is 6.80. The van der Waals surface area contributed by atoms with Gasteiger partial charge in [-0.05, 0) is 70.0 Å². The highest BCUT2D eigenvalue weighted by Gasteiger charge is 2.28. The number of halogens is 1. The number of carbonyl (C=O) groups excluding carboxylic acids is 2. The second-order valence-electron chi connectivity index (χ2n) is 9.07. The van der Waals surface area contributed by atoms with E-state index in [0.717, 1.165) is 0 Å². The Hall–Kier alpha value is -3.62. The normalized spacial score (nSPS) is 14.8. The van der Waals surface area contributed by atoms with Crippen molar-refractivity contribution in [2.45, 2.75) is 45.3 Å². The Balaban J connectivity index is 1.40. The molecule has 1 aromatic carbocycles. The standard InChI is InChI=1S/C24H28FN5O3/c1-24(2,3)33-23(32)28-14-9-18(10-15-28)29-12-4-6-21(29)22(31)27-17-7-8-20(19(25)16-17)30-13-5-11-26-30/h4-8,11-13,16,18H,9-10,14-15H2,1-3H3,(H,27,31). The van der Waals surface area contributed by atoms with Crippen molar-refractivity contribution >= 4 is 17.7 Å². The van der Waals surface area contributed by atoms with Gasteiger partial charge in [0.1, 0.15) is 17.0 Å². The van der Waals surface area contributed by atoms with Crippen molar-refractivity contribution in [1.82, 2.24) is 19.2 Å². The lowest BCUT2D eigenvalue weighted by Crippen LogP contribution is -2.42. The molecule has 0 bridgehead atoms. The summed E-state index contributed by atoms with van der Waals surface area (Å²) >= 11 is 0. The van der Waals surface area contributed by atoms with E-state index in [0.29, 0.717) is 43.0 Å². The number of piperidine rings is 1. The molecule has 174 valence electrons. The monoisotopic (exact) mass is 453 g/mol. The maximum atomic E-state index is 14.5. The van der Waals surface area contributed by atoms with Gasteiger partial charge in [0.2, 0.25) is 0 Å². The molecule has 1 N–H and O–H groups in total. The van der Waals surface area contributed by atoms with Gasteiger partial charge in [-0.25, -0.2) is 13.9 Å². The second-order valence-corrected chi connectivity index (χ2v) is 9.07. The number of anilines is 1. The first-order valence-corrected chi connectivity index (χ1v) is 11.0. The molecule has 0 saturated carbocycles. The van der Waals surface area contributed by atoms with Gasteiger partial charge in [-0.3, -0.25) is 4.79 Å². The van der Waals surface area contributed by atoms with Crippen LogP contribution in [0.4, 0.5) is 14.9 Å². The number of benzene rings is 1. The average molecular weight is 454 g/mol. The van der Waals surface area contributed by atoms with Gasteiger partial charge in [-0.1, -0.05) is 0 Å². The van der Waals surface area contributed by atoms with E-state index in [-0.39, 0.29) is 18.0 Å². The molecule has 2 amide bonds. The number of rotatable bonds is 4. The topological polar surface area (TPSA) is 81.4 Å². The third-order valence-corrected chi connectivity index (χ3v) is 5.48. The number of amides is 2. The van der Waals surface area contributed by atoms with Crippen molar-refractivity contribution in [2.75, 3.05) is 18.4 Å². The lowest BCUT2D eigenvalue weighted by molar-refractivity contribution is 0.0187. The summed E-state index contributed by atoms with van der Waals surface area (Å²) in [6, 6.07) is 9.84. The van der Waals surface area contributed by atoms with E-state index in [1.165, 1.54) is 10.7 Å². The molecule has 0 atom stereocenters. The van der Waals surface area contributed by atoms with Crippen LogP contribution in [-0.2, 0) is 4.74 Å². The Morgan fingerprint density at radius 1 is 1.12 bits per heavy atom. The first kappa shape index (κ1) is 22.6. The summed E-state index contributed by atoms with van der Waals surface area (Å²) in [6.07, 6.45) is 6.19. The van der Waals surface area contributed by atoms with Crippen molar-refractivity contribution in [2.24, 2.45) is 0 Å². The minimum atomic E-state index is -0.532. The van der Waals surface area contributed by atoms with Crippen LogP contribution in [0.25, 0.3) is 5.69 Å². The molecule has 0 radical (unpaired) electrons. The highest BCUT2D eigenvalue weighted by atomic mass is 19.1. The van der Waals surface area contributed by atoms with E-state index in [2.05, 4.69) is 10.4 Å². The van der Waals surface area contributed by atoms with Crippen LogP contribution in [0, 0.1) is 5.82 Å². The molecule has 1 saturated heterocycles. The first-order chi connectivity index (χ1) is 15.7. The van der Waals surface area contributed by atoms with E-state index in [9.17, 15) is 14.0 Å². The number of aromatic nitrogens is 3. The van der Waals surface area contributed by atoms with E-state index in [1.807, 2.05) is 37.6 Å². The van der Waals surface area contributed by atoms with Gasteiger partial charge >= 0.3 is 6.09 Å². The van der Waals surface area contributed by atoms with Crippen LogP contribution < -0.4 is 5.32 Å². The van der Waals surface area contributed by atoms with Crippen molar-refractivity contribution in [3.8, 4) is 5.69 Å². The number of hydrogen-bond acceptors (Lipinski definition) is 4. The van der Waals surface area contributed by atoms with Crippen LogP contribution in [0.5, 0.6) is 0 Å². The van der Waals surface area contributed by atoms with Gasteiger partial charge in [0, 0.05) is 43.4 Å². The van der Waals surface area contributed by atoms with Crippen molar-refractivity contribution in [3.05, 3.63) is 66.5 Å². The first-order valence-electron chi connectivity index (χ1n) is 11.0. The van der Waals surface area contributed by atoms with Gasteiger partial charge in [-0.15, -0.1) is 0 Å². The third-order valence-electron chi connectivity index (χ3n) is 5.48. The average Bonchev–Trinajstić information content (AvgIpc) is 3.45. The summed E-state index contributed by atoms with van der Waals surface area (Å²) in [7, 11) is 0. The fraction of sp³-hybridized carbons (Fsp3) is 0.375. The molecule has 4 rings (SSSR count). The number of nitrogens with one attached hydrogen (secondary N) is 1. The van der Waals surface area contributed by atoms with Gasteiger partial charge in [-0.2, -0.15) is 5.10 Å². The van der Waals surface area contributed by atoms with Gasteiger partial charge in [0.05, 0.1) is 0 Å². The smallest absolute Gasteiger partial charge is 0.410 e. The number of hydrogen-bond donors (Lipinski definition) is 1. The van der Waals surface area contributed by atoms with Crippen LogP contribution in [0.3, 0.4) is 0 Å². The molecule has 3 aromatic rings. The van der Waals surface area contributed by atoms with E-state index < -0.39 is 11.4 Å². The molecule has 0 spiro atoms. The molecule has 8 nitrogen and oxygen atoms in total. The quantitative estimate of drug-likeness (QED) is 0.624. The van der Waals surface area contributed by atoms with Crippen molar-refractivity contribution in [1.29, 1.82) is 0 Å². The SMILES string of the molecule is CC(C)(C)OC(=O)N1CCC(n2cccc2C(=O)Nc2ccc(-n3cccn3)c(F)c2)CC1. The zero-order valence-electron chi connectivity index (χ0n) is 19.0. The van der Waals surface area contributed by atoms with Gasteiger partial charge in [0.25, 0.3) is 5.91 Å². The Labute approximate surface area is 191 Å². The van der Waals surface area contributed by atoms with E-state index in [4.69, 9.17) is 4.74 Å². The molecule has 2 aromatic heterocycles. The van der Waals surface area contributed by atoms with Crippen molar-refractivity contribution in [3.63, 3.8) is 0 Å². The van der Waals surface area contributed by atoms with Crippen LogP contribution in [0.2, 0.25) is 0 Å². The van der Waals surface area contributed by atoms with E-state index >= 15 is 0 Å². The van der Waals surface area contributed by atoms with Gasteiger partial charge < -0.3 is 19.5 Å². The third kappa shape index (κ3) is 5.24. The lowest BCUT2D eigenvalue weighted by Gasteiger charge is -2.34. The minimum absolute atomic E-state index is 0.0818. The second kappa shape index (κ2) is 9.09. The Morgan fingerprint density at radius 2 is 1.88 bits per heavy atom. The van der Waals surface area contributed by atoms with Gasteiger partial charge in [0.15, 0.2) is 5.82 Å². The Kier molecular flexibility index (Phi) is 6.22. The highest BCUT2D eigenvalue weighted by molar-refractivity contribution is 6.03. The van der Waals surface area contributed by atoms with Crippen LogP contribution in [0.15, 0.2) is 55.0 Å². The molecule has 1 aliphatic rings. The summed E-state index contributed by atoms with van der Waals surface area (Å²) in [5.41, 5.74) is 0.622. The van der Waals surface area contributed by atoms with Crippen molar-refractivity contribution < 1.29 is 18.7 Å². The maximum absolute atomic E-state index is 14.5. The number of ether oxygens (including phenoxy) is 1. The summed E-state index contributed by atoms with van der Waals surface area (Å²) < 4.78 is 23.3. The number of carbonyl (C=O) groups is 2. The molecule has 9 heteroatoms. The summed E-state index contributed by atoms with van der Waals surface area (Å²) in [4.78, 5) is 26.9. The molecule has 1 fully saturated rings. The van der Waals surface area contributed by atoms with Crippen LogP contribution in [-0.4, -0.2) is 49.9 Å². The number of likely N-dealkylation sites (tertiary alicyclic amines) is 1. The molecule has 33 heavy (non-hydrogen) atoms. The minimum Gasteiger partial charge on any atom is -0.444 e. The predicted octanol–water partition coefficient (Wildman–Crippen LogP) is 4.64. The molecular formula is C24H28FN5O3. The molecule has 1 aliphatic heterocycles.